The zero-order valence-electron chi connectivity index (χ0n) is 15.4. The van der Waals surface area contributed by atoms with Crippen molar-refractivity contribution < 1.29 is 5.11 Å². The number of hydrogen-bond donors (Lipinski definition) is 1. The largest absolute Gasteiger partial charge is 0.393 e. The summed E-state index contributed by atoms with van der Waals surface area (Å²) >= 11 is 9.43. The molecular weight excluding hydrogens is 398 g/mol. The molecule has 0 bridgehead atoms. The van der Waals surface area contributed by atoms with Crippen LogP contribution in [-0.2, 0) is 5.75 Å². The Morgan fingerprint density at radius 1 is 1.19 bits per heavy atom. The minimum absolute atomic E-state index is 0.191. The Morgan fingerprint density at radius 3 is 2.59 bits per heavy atom. The molecule has 0 amide bonds. The minimum atomic E-state index is -0.191. The lowest BCUT2D eigenvalue weighted by Crippen LogP contribution is -2.36. The van der Waals surface area contributed by atoms with Gasteiger partial charge in [-0.3, -0.25) is 0 Å². The molecule has 3 heterocycles. The maximum Gasteiger partial charge on any atom is 0.142 e. The van der Waals surface area contributed by atoms with Gasteiger partial charge in [0.2, 0.25) is 0 Å². The van der Waals surface area contributed by atoms with Crippen LogP contribution in [0.5, 0.6) is 0 Å². The topological polar surface area (TPSA) is 49.2 Å². The van der Waals surface area contributed by atoms with Gasteiger partial charge in [-0.1, -0.05) is 11.6 Å². The second-order valence-corrected chi connectivity index (χ2v) is 9.58. The van der Waals surface area contributed by atoms with E-state index in [4.69, 9.17) is 21.6 Å². The first-order valence-corrected chi connectivity index (χ1v) is 11.3. The molecule has 1 N–H and O–H groups in total. The Hall–Kier alpha value is -1.34. The zero-order chi connectivity index (χ0) is 19.0. The molecule has 1 aliphatic rings. The smallest absolute Gasteiger partial charge is 0.142 e. The predicted octanol–water partition coefficient (Wildman–Crippen LogP) is 5.21. The molecule has 0 spiro atoms. The summed E-state index contributed by atoms with van der Waals surface area (Å²) in [5, 5.41) is 11.8. The van der Waals surface area contributed by atoms with Crippen LogP contribution in [0.15, 0.2) is 29.2 Å². The standard InChI is InChI=1S/C20H22ClN3OS2/c1-12-13(2)27-20-18(12)19(24-9-7-15(25)8-10-24)22-17(23-20)11-26-16-5-3-14(21)4-6-16/h3-6,15,25H,7-11H2,1-2H3. The number of piperidine rings is 1. The predicted molar refractivity (Wildman–Crippen MR) is 115 cm³/mol. The summed E-state index contributed by atoms with van der Waals surface area (Å²) in [6.07, 6.45) is 1.40. The van der Waals surface area contributed by atoms with Crippen molar-refractivity contribution in [2.24, 2.45) is 0 Å². The SMILES string of the molecule is Cc1sc2nc(CSc3ccc(Cl)cc3)nc(N3CCC(O)CC3)c2c1C. The number of rotatable bonds is 4. The first-order valence-electron chi connectivity index (χ1n) is 9.09. The van der Waals surface area contributed by atoms with Gasteiger partial charge in [-0.05, 0) is 56.5 Å². The number of hydrogen-bond acceptors (Lipinski definition) is 6. The first kappa shape index (κ1) is 19.0. The summed E-state index contributed by atoms with van der Waals surface area (Å²) in [5.41, 5.74) is 1.27. The van der Waals surface area contributed by atoms with E-state index >= 15 is 0 Å². The van der Waals surface area contributed by atoms with Crippen LogP contribution in [0.1, 0.15) is 29.1 Å². The van der Waals surface area contributed by atoms with Gasteiger partial charge in [-0.15, -0.1) is 23.1 Å². The van der Waals surface area contributed by atoms with Crippen molar-refractivity contribution in [3.63, 3.8) is 0 Å². The van der Waals surface area contributed by atoms with Crippen molar-refractivity contribution in [3.8, 4) is 0 Å². The second-order valence-electron chi connectivity index (χ2n) is 6.89. The molecule has 27 heavy (non-hydrogen) atoms. The van der Waals surface area contributed by atoms with Crippen LogP contribution in [0.25, 0.3) is 10.2 Å². The number of aliphatic hydroxyl groups excluding tert-OH is 1. The van der Waals surface area contributed by atoms with Crippen LogP contribution in [0.2, 0.25) is 5.02 Å². The van der Waals surface area contributed by atoms with Gasteiger partial charge in [0, 0.05) is 27.9 Å². The number of aryl methyl sites for hydroxylation is 2. The highest BCUT2D eigenvalue weighted by Gasteiger charge is 2.23. The quantitative estimate of drug-likeness (QED) is 0.588. The molecule has 3 aromatic rings. The number of nitrogens with zero attached hydrogens (tertiary/aromatic N) is 3. The number of anilines is 1. The molecule has 0 radical (unpaired) electrons. The summed E-state index contributed by atoms with van der Waals surface area (Å²) < 4.78 is 0. The molecule has 1 fully saturated rings. The van der Waals surface area contributed by atoms with Crippen molar-refractivity contribution in [2.45, 2.75) is 43.4 Å². The molecule has 2 aromatic heterocycles. The van der Waals surface area contributed by atoms with Crippen molar-refractivity contribution in [3.05, 3.63) is 45.6 Å². The molecular formula is C20H22ClN3OS2. The first-order chi connectivity index (χ1) is 13.0. The average molecular weight is 420 g/mol. The van der Waals surface area contributed by atoms with Gasteiger partial charge >= 0.3 is 0 Å². The lowest BCUT2D eigenvalue weighted by Gasteiger charge is -2.31. The van der Waals surface area contributed by atoms with E-state index in [2.05, 4.69) is 18.7 Å². The van der Waals surface area contributed by atoms with E-state index < -0.39 is 0 Å². The molecule has 4 nitrogen and oxygen atoms in total. The Kier molecular flexibility index (Phi) is 5.60. The minimum Gasteiger partial charge on any atom is -0.393 e. The van der Waals surface area contributed by atoms with Crippen molar-refractivity contribution in [2.75, 3.05) is 18.0 Å². The number of aromatic nitrogens is 2. The summed E-state index contributed by atoms with van der Waals surface area (Å²) in [5.74, 6) is 2.60. The van der Waals surface area contributed by atoms with E-state index in [1.807, 2.05) is 24.3 Å². The van der Waals surface area contributed by atoms with E-state index in [9.17, 15) is 5.11 Å². The number of thiophene rings is 1. The number of thioether (sulfide) groups is 1. The highest BCUT2D eigenvalue weighted by molar-refractivity contribution is 7.98. The Bertz CT molecular complexity index is 950. The average Bonchev–Trinajstić information content (AvgIpc) is 2.95. The maximum atomic E-state index is 9.86. The molecule has 1 aromatic carbocycles. The maximum absolute atomic E-state index is 9.86. The summed E-state index contributed by atoms with van der Waals surface area (Å²) in [6.45, 7) is 5.98. The molecule has 0 saturated carbocycles. The molecule has 4 rings (SSSR count). The molecule has 142 valence electrons. The molecule has 7 heteroatoms. The fourth-order valence-corrected chi connectivity index (χ4v) is 5.24. The lowest BCUT2D eigenvalue weighted by atomic mass is 10.1. The Labute approximate surface area is 172 Å². The van der Waals surface area contributed by atoms with E-state index in [0.717, 1.165) is 58.1 Å². The fourth-order valence-electron chi connectivity index (χ4n) is 3.32. The second kappa shape index (κ2) is 7.95. The summed E-state index contributed by atoms with van der Waals surface area (Å²) in [4.78, 5) is 15.6. The van der Waals surface area contributed by atoms with Crippen LogP contribution in [0.4, 0.5) is 5.82 Å². The third kappa shape index (κ3) is 4.09. The van der Waals surface area contributed by atoms with E-state index in [-0.39, 0.29) is 6.10 Å². The van der Waals surface area contributed by atoms with Crippen LogP contribution >= 0.6 is 34.7 Å². The van der Waals surface area contributed by atoms with Gasteiger partial charge in [-0.2, -0.15) is 0 Å². The number of fused-ring (bicyclic) bond motifs is 1. The van der Waals surface area contributed by atoms with Crippen LogP contribution in [0.3, 0.4) is 0 Å². The van der Waals surface area contributed by atoms with E-state index in [1.165, 1.54) is 15.8 Å². The summed E-state index contributed by atoms with van der Waals surface area (Å²) in [6, 6.07) is 7.87. The summed E-state index contributed by atoms with van der Waals surface area (Å²) in [7, 11) is 0. The normalized spacial score (nSPS) is 15.6. The number of benzene rings is 1. The monoisotopic (exact) mass is 419 g/mol. The van der Waals surface area contributed by atoms with Gasteiger partial charge in [0.25, 0.3) is 0 Å². The molecule has 1 saturated heterocycles. The van der Waals surface area contributed by atoms with Gasteiger partial charge in [0.05, 0.1) is 17.2 Å². The van der Waals surface area contributed by atoms with Gasteiger partial charge in [0.1, 0.15) is 16.5 Å². The molecule has 0 unspecified atom stereocenters. The Balaban J connectivity index is 1.66. The van der Waals surface area contributed by atoms with Crippen molar-refractivity contribution >= 4 is 50.7 Å². The van der Waals surface area contributed by atoms with Crippen LogP contribution in [0, 0.1) is 13.8 Å². The highest BCUT2D eigenvalue weighted by Crippen LogP contribution is 2.36. The lowest BCUT2D eigenvalue weighted by molar-refractivity contribution is 0.145. The van der Waals surface area contributed by atoms with E-state index in [0.29, 0.717) is 0 Å². The van der Waals surface area contributed by atoms with Crippen LogP contribution in [-0.4, -0.2) is 34.3 Å². The Morgan fingerprint density at radius 2 is 1.89 bits per heavy atom. The van der Waals surface area contributed by atoms with E-state index in [1.54, 1.807) is 23.1 Å². The molecule has 0 atom stereocenters. The van der Waals surface area contributed by atoms with Crippen molar-refractivity contribution in [1.29, 1.82) is 0 Å². The number of halogens is 1. The number of aliphatic hydroxyl groups is 1. The zero-order valence-corrected chi connectivity index (χ0v) is 17.8. The van der Waals surface area contributed by atoms with Gasteiger partial charge in [0.15, 0.2) is 0 Å². The molecule has 1 aliphatic heterocycles. The molecule has 0 aliphatic carbocycles. The highest BCUT2D eigenvalue weighted by atomic mass is 35.5. The van der Waals surface area contributed by atoms with Crippen molar-refractivity contribution in [1.82, 2.24) is 9.97 Å². The van der Waals surface area contributed by atoms with Gasteiger partial charge in [-0.25, -0.2) is 9.97 Å². The fraction of sp³-hybridized carbons (Fsp3) is 0.400. The third-order valence-electron chi connectivity index (χ3n) is 5.00. The third-order valence-corrected chi connectivity index (χ3v) is 7.36. The van der Waals surface area contributed by atoms with Crippen LogP contribution < -0.4 is 4.90 Å². The van der Waals surface area contributed by atoms with Gasteiger partial charge < -0.3 is 10.0 Å².